The molecule has 0 unspecified atom stereocenters. The number of nitrogens with one attached hydrogen (secondary N) is 4. The Balaban J connectivity index is 1.81. The molecule has 1 heterocycles. The Bertz CT molecular complexity index is 1300. The monoisotopic (exact) mass is 647 g/mol. The molecule has 0 spiro atoms. The standard InChI is InChI=1S/C32H49N5O7S/c1-4-44-32(41)37-27(18-24-13-9-6-10-14-24)30(39)36-28(19-25-20-33-21-34-25)31(40)35-26(17-23-11-7-5-8-12-23)29(38)15-16-45(42,43)22(2)3/h6,9-10,13-14,20-23,26-29,38H,4-5,7-8,11-12,15-19H2,1-3H3,(H,33,34)(H,35,40)(H,36,39)(H,37,41)/t26-,27-,28-,29-/m0/s1. The number of nitrogens with zero attached hydrogens (tertiary/aromatic N) is 1. The van der Waals surface area contributed by atoms with Gasteiger partial charge in [-0.2, -0.15) is 0 Å². The summed E-state index contributed by atoms with van der Waals surface area (Å²) in [5.74, 6) is -1.03. The molecule has 1 saturated carbocycles. The number of amides is 3. The molecule has 0 bridgehead atoms. The highest BCUT2D eigenvalue weighted by Gasteiger charge is 2.32. The number of aliphatic hydroxyl groups excluding tert-OH is 1. The molecule has 1 aromatic carbocycles. The van der Waals surface area contributed by atoms with Crippen molar-refractivity contribution in [3.8, 4) is 0 Å². The fraction of sp³-hybridized carbons (Fsp3) is 0.625. The lowest BCUT2D eigenvalue weighted by atomic mass is 9.83. The summed E-state index contributed by atoms with van der Waals surface area (Å²) >= 11 is 0. The highest BCUT2D eigenvalue weighted by Crippen LogP contribution is 2.28. The van der Waals surface area contributed by atoms with Gasteiger partial charge in [0.1, 0.15) is 12.1 Å². The Hall–Kier alpha value is -3.45. The van der Waals surface area contributed by atoms with Crippen molar-refractivity contribution in [1.82, 2.24) is 25.9 Å². The zero-order chi connectivity index (χ0) is 32.8. The van der Waals surface area contributed by atoms with Gasteiger partial charge in [-0.3, -0.25) is 9.59 Å². The molecular weight excluding hydrogens is 598 g/mol. The van der Waals surface area contributed by atoms with Crippen molar-refractivity contribution in [3.63, 3.8) is 0 Å². The van der Waals surface area contributed by atoms with Crippen molar-refractivity contribution >= 4 is 27.7 Å². The maximum Gasteiger partial charge on any atom is 0.407 e. The molecule has 1 fully saturated rings. The predicted octanol–water partition coefficient (Wildman–Crippen LogP) is 2.82. The molecule has 13 heteroatoms. The van der Waals surface area contributed by atoms with Crippen LogP contribution in [0.2, 0.25) is 0 Å². The van der Waals surface area contributed by atoms with Gasteiger partial charge in [-0.15, -0.1) is 0 Å². The maximum absolute atomic E-state index is 13.9. The summed E-state index contributed by atoms with van der Waals surface area (Å²) in [7, 11) is -3.39. The second-order valence-electron chi connectivity index (χ2n) is 12.1. The summed E-state index contributed by atoms with van der Waals surface area (Å²) in [6.07, 6.45) is 7.11. The Kier molecular flexibility index (Phi) is 14.3. The third-order valence-electron chi connectivity index (χ3n) is 8.30. The van der Waals surface area contributed by atoms with E-state index in [1.54, 1.807) is 27.0 Å². The molecule has 0 radical (unpaired) electrons. The molecule has 1 aromatic heterocycles. The summed E-state index contributed by atoms with van der Waals surface area (Å²) < 4.78 is 30.0. The van der Waals surface area contributed by atoms with Gasteiger partial charge in [-0.25, -0.2) is 18.2 Å². The lowest BCUT2D eigenvalue weighted by molar-refractivity contribution is -0.131. The SMILES string of the molecule is CCOC(=O)N[C@@H](Cc1ccccc1)C(=O)N[C@@H](Cc1cnc[nH]1)C(=O)N[C@@H](CC1CCCCC1)[C@@H](O)CCS(=O)(=O)C(C)C. The van der Waals surface area contributed by atoms with Gasteiger partial charge in [-0.05, 0) is 45.1 Å². The van der Waals surface area contributed by atoms with E-state index in [1.165, 1.54) is 6.33 Å². The number of benzene rings is 1. The molecule has 1 aliphatic rings. The van der Waals surface area contributed by atoms with Crippen molar-refractivity contribution in [2.75, 3.05) is 12.4 Å². The van der Waals surface area contributed by atoms with Gasteiger partial charge in [0.2, 0.25) is 11.8 Å². The Morgan fingerprint density at radius 3 is 2.29 bits per heavy atom. The minimum absolute atomic E-state index is 0.0155. The van der Waals surface area contributed by atoms with Gasteiger partial charge in [0.25, 0.3) is 0 Å². The van der Waals surface area contributed by atoms with Gasteiger partial charge < -0.3 is 30.8 Å². The third-order valence-corrected chi connectivity index (χ3v) is 10.5. The molecule has 12 nitrogen and oxygen atoms in total. The average Bonchev–Trinajstić information content (AvgIpc) is 3.53. The lowest BCUT2D eigenvalue weighted by Crippen LogP contribution is -2.57. The number of alkyl carbamates (subject to hydrolysis) is 1. The quantitative estimate of drug-likeness (QED) is 0.174. The van der Waals surface area contributed by atoms with Crippen molar-refractivity contribution in [2.45, 2.75) is 108 Å². The Morgan fingerprint density at radius 1 is 1.00 bits per heavy atom. The number of aromatic nitrogens is 2. The number of rotatable bonds is 17. The second-order valence-corrected chi connectivity index (χ2v) is 14.8. The van der Waals surface area contributed by atoms with E-state index < -0.39 is 57.2 Å². The van der Waals surface area contributed by atoms with E-state index >= 15 is 0 Å². The van der Waals surface area contributed by atoms with Crippen molar-refractivity contribution in [1.29, 1.82) is 0 Å². The molecule has 45 heavy (non-hydrogen) atoms. The van der Waals surface area contributed by atoms with Crippen LogP contribution in [0.5, 0.6) is 0 Å². The van der Waals surface area contributed by atoms with Crippen molar-refractivity contribution < 1.29 is 32.6 Å². The molecule has 4 atom stereocenters. The van der Waals surface area contributed by atoms with Gasteiger partial charge in [0.15, 0.2) is 9.84 Å². The molecule has 3 amide bonds. The highest BCUT2D eigenvalue weighted by molar-refractivity contribution is 7.91. The van der Waals surface area contributed by atoms with Crippen molar-refractivity contribution in [2.24, 2.45) is 5.92 Å². The number of ether oxygens (including phenoxy) is 1. The van der Waals surface area contributed by atoms with Crippen molar-refractivity contribution in [3.05, 3.63) is 54.1 Å². The second kappa shape index (κ2) is 17.9. The number of hydrogen-bond donors (Lipinski definition) is 5. The number of sulfone groups is 1. The first-order valence-electron chi connectivity index (χ1n) is 15.9. The van der Waals surface area contributed by atoms with Gasteiger partial charge in [-0.1, -0.05) is 62.4 Å². The van der Waals surface area contributed by atoms with E-state index in [-0.39, 0.29) is 37.5 Å². The van der Waals surface area contributed by atoms with Crippen LogP contribution in [0, 0.1) is 5.92 Å². The van der Waals surface area contributed by atoms with E-state index in [2.05, 4.69) is 25.9 Å². The summed E-state index contributed by atoms with van der Waals surface area (Å²) in [6, 6.07) is 6.34. The number of imidazole rings is 1. The zero-order valence-corrected chi connectivity index (χ0v) is 27.4. The number of hydrogen-bond acceptors (Lipinski definition) is 8. The summed E-state index contributed by atoms with van der Waals surface area (Å²) in [5.41, 5.74) is 1.40. The van der Waals surface area contributed by atoms with Crippen LogP contribution in [0.4, 0.5) is 4.79 Å². The molecule has 0 aliphatic heterocycles. The minimum Gasteiger partial charge on any atom is -0.450 e. The highest BCUT2D eigenvalue weighted by atomic mass is 32.2. The van der Waals surface area contributed by atoms with E-state index in [0.717, 1.165) is 37.7 Å². The molecule has 0 saturated heterocycles. The first kappa shape index (κ1) is 36.0. The van der Waals surface area contributed by atoms with Gasteiger partial charge in [0, 0.05) is 24.7 Å². The normalized spacial score (nSPS) is 16.7. The number of carbonyl (C=O) groups is 3. The number of H-pyrrole nitrogens is 1. The molecule has 2 aromatic rings. The van der Waals surface area contributed by atoms with E-state index in [0.29, 0.717) is 12.1 Å². The van der Waals surface area contributed by atoms with Crippen LogP contribution < -0.4 is 16.0 Å². The number of aliphatic hydroxyl groups is 1. The molecular formula is C32H49N5O7S. The smallest absolute Gasteiger partial charge is 0.407 e. The van der Waals surface area contributed by atoms with Crippen LogP contribution in [0.3, 0.4) is 0 Å². The summed E-state index contributed by atoms with van der Waals surface area (Å²) in [5, 5.41) is 19.0. The van der Waals surface area contributed by atoms with Crippen LogP contribution >= 0.6 is 0 Å². The van der Waals surface area contributed by atoms with Crippen LogP contribution in [-0.2, 0) is 37.0 Å². The zero-order valence-electron chi connectivity index (χ0n) is 26.5. The average molecular weight is 648 g/mol. The first-order chi connectivity index (χ1) is 21.5. The molecule has 1 aliphatic carbocycles. The molecule has 250 valence electrons. The predicted molar refractivity (Wildman–Crippen MR) is 171 cm³/mol. The number of carbonyl (C=O) groups excluding carboxylic acids is 3. The van der Waals surface area contributed by atoms with E-state index in [1.807, 2.05) is 30.3 Å². The largest absolute Gasteiger partial charge is 0.450 e. The lowest BCUT2D eigenvalue weighted by Gasteiger charge is -2.32. The fourth-order valence-electron chi connectivity index (χ4n) is 5.57. The summed E-state index contributed by atoms with van der Waals surface area (Å²) in [6.45, 7) is 4.99. The maximum atomic E-state index is 13.9. The Labute approximate surface area is 266 Å². The van der Waals surface area contributed by atoms with Crippen LogP contribution in [0.1, 0.15) is 77.0 Å². The van der Waals surface area contributed by atoms with Gasteiger partial charge in [0.05, 0.1) is 36.1 Å². The number of aromatic amines is 1. The summed E-state index contributed by atoms with van der Waals surface area (Å²) in [4.78, 5) is 46.8. The molecule has 5 N–H and O–H groups in total. The minimum atomic E-state index is -3.39. The van der Waals surface area contributed by atoms with E-state index in [4.69, 9.17) is 4.74 Å². The van der Waals surface area contributed by atoms with Crippen LogP contribution in [0.25, 0.3) is 0 Å². The third kappa shape index (κ3) is 12.1. The molecule has 3 rings (SSSR count). The van der Waals surface area contributed by atoms with E-state index in [9.17, 15) is 27.9 Å². The topological polar surface area (TPSA) is 180 Å². The fourth-order valence-corrected chi connectivity index (χ4v) is 6.61. The van der Waals surface area contributed by atoms with Crippen LogP contribution in [-0.4, -0.2) is 83.2 Å². The Morgan fingerprint density at radius 2 is 1.67 bits per heavy atom. The first-order valence-corrected chi connectivity index (χ1v) is 17.6. The van der Waals surface area contributed by atoms with Crippen LogP contribution in [0.15, 0.2) is 42.9 Å². The van der Waals surface area contributed by atoms with Gasteiger partial charge >= 0.3 is 6.09 Å².